The molecule has 6 heteroatoms. The molecule has 0 aromatic heterocycles. The summed E-state index contributed by atoms with van der Waals surface area (Å²) in [5, 5.41) is 2.79. The van der Waals surface area contributed by atoms with Gasteiger partial charge in [-0.3, -0.25) is 4.79 Å². The van der Waals surface area contributed by atoms with Crippen LogP contribution in [-0.2, 0) is 4.79 Å². The average Bonchev–Trinajstić information content (AvgIpc) is 3.06. The van der Waals surface area contributed by atoms with Crippen LogP contribution in [0.25, 0.3) is 0 Å². The number of nitrogens with one attached hydrogen (secondary N) is 1. The van der Waals surface area contributed by atoms with E-state index in [-0.39, 0.29) is 11.8 Å². The summed E-state index contributed by atoms with van der Waals surface area (Å²) in [6.45, 7) is 1.25. The molecule has 0 spiro atoms. The molecule has 102 valence electrons. The summed E-state index contributed by atoms with van der Waals surface area (Å²) in [6.07, 6.45) is 1.34. The second-order valence-corrected chi connectivity index (χ2v) is 6.26. The lowest BCUT2D eigenvalue weighted by Gasteiger charge is -2.10. The van der Waals surface area contributed by atoms with Crippen molar-refractivity contribution in [2.45, 2.75) is 17.2 Å². The van der Waals surface area contributed by atoms with Gasteiger partial charge in [0.05, 0.1) is 19.1 Å². The highest BCUT2D eigenvalue weighted by molar-refractivity contribution is 6.52. The van der Waals surface area contributed by atoms with Crippen LogP contribution in [0.2, 0.25) is 0 Å². The molecule has 3 rings (SSSR count). The van der Waals surface area contributed by atoms with Gasteiger partial charge < -0.3 is 14.8 Å². The number of halogens is 2. The summed E-state index contributed by atoms with van der Waals surface area (Å²) in [6, 6.07) is 5.32. The number of fused-ring (bicyclic) bond motifs is 1. The van der Waals surface area contributed by atoms with Crippen molar-refractivity contribution in [2.75, 3.05) is 18.5 Å². The minimum Gasteiger partial charge on any atom is -0.490 e. The van der Waals surface area contributed by atoms with Crippen molar-refractivity contribution in [3.63, 3.8) is 0 Å². The molecule has 1 saturated carbocycles. The molecule has 0 bridgehead atoms. The molecule has 2 aliphatic rings. The van der Waals surface area contributed by atoms with Crippen LogP contribution in [0.4, 0.5) is 5.69 Å². The number of rotatable bonds is 2. The summed E-state index contributed by atoms with van der Waals surface area (Å²) in [5.74, 6) is 0.839. The molecule has 1 aromatic rings. The van der Waals surface area contributed by atoms with Crippen molar-refractivity contribution < 1.29 is 14.3 Å². The third-order valence-electron chi connectivity index (χ3n) is 3.16. The normalized spacial score (nSPS) is 23.4. The van der Waals surface area contributed by atoms with E-state index in [0.29, 0.717) is 36.8 Å². The zero-order valence-corrected chi connectivity index (χ0v) is 11.6. The first kappa shape index (κ1) is 12.9. The van der Waals surface area contributed by atoms with Gasteiger partial charge in [-0.15, -0.1) is 23.2 Å². The van der Waals surface area contributed by atoms with E-state index in [0.717, 1.165) is 6.42 Å². The monoisotopic (exact) mass is 301 g/mol. The Labute approximate surface area is 121 Å². The van der Waals surface area contributed by atoms with Crippen LogP contribution in [0.5, 0.6) is 11.5 Å². The summed E-state index contributed by atoms with van der Waals surface area (Å²) in [7, 11) is 0. The van der Waals surface area contributed by atoms with Gasteiger partial charge in [-0.05, 0) is 18.6 Å². The molecule has 1 aliphatic heterocycles. The van der Waals surface area contributed by atoms with Crippen molar-refractivity contribution in [3.8, 4) is 11.5 Å². The Hall–Kier alpha value is -1.13. The first-order valence-corrected chi connectivity index (χ1v) is 6.90. The van der Waals surface area contributed by atoms with Gasteiger partial charge in [0, 0.05) is 18.2 Å². The van der Waals surface area contributed by atoms with Crippen molar-refractivity contribution in [2.24, 2.45) is 5.92 Å². The van der Waals surface area contributed by atoms with E-state index in [1.54, 1.807) is 18.2 Å². The Morgan fingerprint density at radius 3 is 2.63 bits per heavy atom. The van der Waals surface area contributed by atoms with E-state index in [1.807, 2.05) is 0 Å². The number of anilines is 1. The lowest BCUT2D eigenvalue weighted by atomic mass is 10.2. The molecule has 1 unspecified atom stereocenters. The van der Waals surface area contributed by atoms with Gasteiger partial charge in [-0.25, -0.2) is 0 Å². The second-order valence-electron chi connectivity index (χ2n) is 4.72. The van der Waals surface area contributed by atoms with E-state index in [1.165, 1.54) is 0 Å². The van der Waals surface area contributed by atoms with Crippen LogP contribution in [0.15, 0.2) is 18.2 Å². The van der Waals surface area contributed by atoms with Crippen molar-refractivity contribution in [3.05, 3.63) is 18.2 Å². The van der Waals surface area contributed by atoms with Gasteiger partial charge in [-0.2, -0.15) is 0 Å². The summed E-state index contributed by atoms with van der Waals surface area (Å²) >= 11 is 11.7. The third-order valence-corrected chi connectivity index (χ3v) is 3.99. The van der Waals surface area contributed by atoms with Crippen LogP contribution in [-0.4, -0.2) is 23.5 Å². The largest absolute Gasteiger partial charge is 0.490 e. The number of alkyl halides is 2. The number of hydrogen-bond donors (Lipinski definition) is 1. The molecule has 0 radical (unpaired) electrons. The summed E-state index contributed by atoms with van der Waals surface area (Å²) in [5.41, 5.74) is 0.658. The highest BCUT2D eigenvalue weighted by Crippen LogP contribution is 2.53. The van der Waals surface area contributed by atoms with Gasteiger partial charge in [-0.1, -0.05) is 0 Å². The Kier molecular flexibility index (Phi) is 3.23. The van der Waals surface area contributed by atoms with Gasteiger partial charge in [0.2, 0.25) is 5.91 Å². The molecule has 19 heavy (non-hydrogen) atoms. The molecule has 1 aromatic carbocycles. The Balaban J connectivity index is 1.72. The van der Waals surface area contributed by atoms with Crippen molar-refractivity contribution in [1.29, 1.82) is 0 Å². The predicted molar refractivity (Wildman–Crippen MR) is 73.2 cm³/mol. The molecular formula is C13H13Cl2NO3. The fourth-order valence-corrected chi connectivity index (χ4v) is 2.47. The van der Waals surface area contributed by atoms with Gasteiger partial charge in [0.1, 0.15) is 4.33 Å². The molecule has 1 aliphatic carbocycles. The van der Waals surface area contributed by atoms with E-state index in [4.69, 9.17) is 32.7 Å². The maximum Gasteiger partial charge on any atom is 0.230 e. The van der Waals surface area contributed by atoms with Crippen LogP contribution in [0, 0.1) is 5.92 Å². The minimum absolute atomic E-state index is 0.167. The highest BCUT2D eigenvalue weighted by Gasteiger charge is 2.56. The fourth-order valence-electron chi connectivity index (χ4n) is 1.97. The van der Waals surface area contributed by atoms with Gasteiger partial charge in [0.25, 0.3) is 0 Å². The van der Waals surface area contributed by atoms with Crippen LogP contribution in [0.1, 0.15) is 12.8 Å². The molecule has 1 heterocycles. The molecule has 1 N–H and O–H groups in total. The molecule has 4 nitrogen and oxygen atoms in total. The van der Waals surface area contributed by atoms with Gasteiger partial charge >= 0.3 is 0 Å². The summed E-state index contributed by atoms with van der Waals surface area (Å²) in [4.78, 5) is 11.9. The predicted octanol–water partition coefficient (Wildman–Crippen LogP) is 2.98. The van der Waals surface area contributed by atoms with Crippen LogP contribution >= 0.6 is 23.2 Å². The standard InChI is InChI=1S/C13H13Cl2NO3/c14-13(15)7-9(13)12(17)16-8-2-3-10-11(6-8)19-5-1-4-18-10/h2-3,6,9H,1,4-5,7H2,(H,16,17). The first-order chi connectivity index (χ1) is 9.06. The smallest absolute Gasteiger partial charge is 0.230 e. The van der Waals surface area contributed by atoms with E-state index < -0.39 is 4.33 Å². The number of amides is 1. The topological polar surface area (TPSA) is 47.6 Å². The summed E-state index contributed by atoms with van der Waals surface area (Å²) < 4.78 is 10.2. The first-order valence-electron chi connectivity index (χ1n) is 6.14. The highest BCUT2D eigenvalue weighted by atomic mass is 35.5. The number of hydrogen-bond acceptors (Lipinski definition) is 3. The van der Waals surface area contributed by atoms with Crippen LogP contribution < -0.4 is 14.8 Å². The van der Waals surface area contributed by atoms with Crippen molar-refractivity contribution in [1.82, 2.24) is 0 Å². The average molecular weight is 302 g/mol. The number of benzene rings is 1. The zero-order valence-electron chi connectivity index (χ0n) is 10.1. The lowest BCUT2D eigenvalue weighted by Crippen LogP contribution is -2.16. The number of carbonyl (C=O) groups is 1. The maximum absolute atomic E-state index is 11.9. The molecule has 0 saturated heterocycles. The van der Waals surface area contributed by atoms with E-state index >= 15 is 0 Å². The molecule has 1 atom stereocenters. The van der Waals surface area contributed by atoms with Crippen LogP contribution in [0.3, 0.4) is 0 Å². The fraction of sp³-hybridized carbons (Fsp3) is 0.462. The number of ether oxygens (including phenoxy) is 2. The quantitative estimate of drug-likeness (QED) is 0.854. The Morgan fingerprint density at radius 2 is 1.95 bits per heavy atom. The van der Waals surface area contributed by atoms with E-state index in [9.17, 15) is 4.79 Å². The van der Waals surface area contributed by atoms with Gasteiger partial charge in [0.15, 0.2) is 11.5 Å². The molecular weight excluding hydrogens is 289 g/mol. The lowest BCUT2D eigenvalue weighted by molar-refractivity contribution is -0.117. The third kappa shape index (κ3) is 2.74. The Morgan fingerprint density at radius 1 is 1.26 bits per heavy atom. The Bertz CT molecular complexity index is 519. The zero-order chi connectivity index (χ0) is 13.5. The molecule has 1 fully saturated rings. The minimum atomic E-state index is -0.907. The van der Waals surface area contributed by atoms with E-state index in [2.05, 4.69) is 5.32 Å². The SMILES string of the molecule is O=C(Nc1ccc2c(c1)OCCCO2)C1CC1(Cl)Cl. The maximum atomic E-state index is 11.9. The second kappa shape index (κ2) is 4.76. The molecule has 1 amide bonds. The van der Waals surface area contributed by atoms with Crippen molar-refractivity contribution >= 4 is 34.8 Å². The number of carbonyl (C=O) groups excluding carboxylic acids is 1.